The second kappa shape index (κ2) is 4.09. The van der Waals surface area contributed by atoms with Gasteiger partial charge in [0, 0.05) is 11.3 Å². The predicted octanol–water partition coefficient (Wildman–Crippen LogP) is 5.33. The predicted molar refractivity (Wildman–Crippen MR) is 83.8 cm³/mol. The first-order valence-electron chi connectivity index (χ1n) is 5.15. The van der Waals surface area contributed by atoms with E-state index < -0.39 is 34.5 Å². The summed E-state index contributed by atoms with van der Waals surface area (Å²) >= 11 is 50.1. The van der Waals surface area contributed by atoms with Gasteiger partial charge >= 0.3 is 0 Å². The fourth-order valence-corrected chi connectivity index (χ4v) is 7.54. The maximum absolute atomic E-state index is 12.6. The molecule has 2 aliphatic carbocycles. The van der Waals surface area contributed by atoms with Gasteiger partial charge in [-0.15, -0.1) is 23.2 Å². The molecule has 0 aromatic carbocycles. The number of hydrogen-bond donors (Lipinski definition) is 0. The maximum atomic E-state index is 12.6. The molecular weight excluding hydrogens is 420 g/mol. The Kier molecular flexibility index (Phi) is 3.73. The van der Waals surface area contributed by atoms with Gasteiger partial charge in [-0.1, -0.05) is 76.5 Å². The van der Waals surface area contributed by atoms with E-state index in [1.807, 2.05) is 0 Å². The lowest BCUT2D eigenvalue weighted by Crippen LogP contribution is -2.65. The lowest BCUT2D eigenvalue weighted by atomic mass is 9.69. The van der Waals surface area contributed by atoms with Crippen LogP contribution < -0.4 is 0 Å². The van der Waals surface area contributed by atoms with E-state index in [-0.39, 0.29) is 5.88 Å². The average Bonchev–Trinajstić information content (AvgIpc) is 2.44. The Labute approximate surface area is 151 Å². The zero-order valence-corrected chi connectivity index (χ0v) is 15.7. The van der Waals surface area contributed by atoms with Crippen LogP contribution in [0.1, 0.15) is 13.8 Å². The summed E-state index contributed by atoms with van der Waals surface area (Å²) in [4.78, 5) is 10.8. The molecule has 0 amide bonds. The van der Waals surface area contributed by atoms with E-state index >= 15 is 0 Å². The number of halogens is 8. The molecule has 0 radical (unpaired) electrons. The molecule has 2 rings (SSSR count). The highest BCUT2D eigenvalue weighted by atomic mass is 35.5. The average molecular weight is 428 g/mol. The van der Waals surface area contributed by atoms with Crippen molar-refractivity contribution in [2.45, 2.75) is 31.7 Å². The fourth-order valence-electron chi connectivity index (χ4n) is 3.20. The van der Waals surface area contributed by atoms with Crippen molar-refractivity contribution in [1.29, 1.82) is 0 Å². The van der Waals surface area contributed by atoms with Gasteiger partial charge in [0.15, 0.2) is 18.8 Å². The van der Waals surface area contributed by atoms with Crippen LogP contribution in [0.5, 0.6) is 0 Å². The fraction of sp³-hybridized carbons (Fsp3) is 0.900. The van der Waals surface area contributed by atoms with Gasteiger partial charge in [0.25, 0.3) is 0 Å². The molecule has 1 nitrogen and oxygen atoms in total. The van der Waals surface area contributed by atoms with Crippen LogP contribution in [-0.4, -0.2) is 29.5 Å². The van der Waals surface area contributed by atoms with Crippen LogP contribution in [0.15, 0.2) is 0 Å². The van der Waals surface area contributed by atoms with E-state index in [4.69, 9.17) is 92.8 Å². The smallest absolute Gasteiger partial charge is 0.199 e. The van der Waals surface area contributed by atoms with Gasteiger partial charge in [-0.25, -0.2) is 0 Å². The van der Waals surface area contributed by atoms with Crippen molar-refractivity contribution >= 4 is 98.6 Å². The number of ketones is 1. The molecule has 0 aliphatic heterocycles. The first-order chi connectivity index (χ1) is 8.22. The molecule has 2 aliphatic rings. The summed E-state index contributed by atoms with van der Waals surface area (Å²) < 4.78 is -5.91. The molecule has 2 saturated carbocycles. The van der Waals surface area contributed by atoms with E-state index in [1.165, 1.54) is 6.92 Å². The van der Waals surface area contributed by atoms with Gasteiger partial charge in [0.2, 0.25) is 0 Å². The zero-order valence-electron chi connectivity index (χ0n) is 9.64. The number of alkyl halides is 8. The number of carbonyl (C=O) groups is 1. The third-order valence-corrected chi connectivity index (χ3v) is 10.4. The van der Waals surface area contributed by atoms with Crippen molar-refractivity contribution in [3.63, 3.8) is 0 Å². The van der Waals surface area contributed by atoms with Crippen molar-refractivity contribution in [1.82, 2.24) is 0 Å². The Morgan fingerprint density at radius 3 is 1.58 bits per heavy atom. The molecule has 9 heteroatoms. The third kappa shape index (κ3) is 1.28. The lowest BCUT2D eigenvalue weighted by Gasteiger charge is -2.48. The maximum Gasteiger partial charge on any atom is 0.199 e. The summed E-state index contributed by atoms with van der Waals surface area (Å²) in [5.74, 6) is -0.731. The summed E-state index contributed by atoms with van der Waals surface area (Å²) in [5.41, 5.74) is -2.70. The molecule has 0 aromatic rings. The quantitative estimate of drug-likeness (QED) is 0.517. The van der Waals surface area contributed by atoms with Gasteiger partial charge in [-0.3, -0.25) is 4.79 Å². The lowest BCUT2D eigenvalue weighted by molar-refractivity contribution is -0.129. The molecule has 0 spiro atoms. The van der Waals surface area contributed by atoms with Crippen LogP contribution in [0, 0.1) is 10.8 Å². The van der Waals surface area contributed by atoms with Crippen molar-refractivity contribution in [3.05, 3.63) is 0 Å². The summed E-state index contributed by atoms with van der Waals surface area (Å²) in [5, 5.41) is 0. The molecule has 2 bridgehead atoms. The Hall–Kier alpha value is 1.99. The summed E-state index contributed by atoms with van der Waals surface area (Å²) in [6, 6.07) is 0. The molecule has 0 saturated heterocycles. The van der Waals surface area contributed by atoms with Crippen LogP contribution >= 0.6 is 92.8 Å². The zero-order chi connectivity index (χ0) is 15.3. The van der Waals surface area contributed by atoms with Crippen LogP contribution in [0.2, 0.25) is 0 Å². The molecule has 2 fully saturated rings. The number of hydrogen-bond acceptors (Lipinski definition) is 1. The highest BCUT2D eigenvalue weighted by Gasteiger charge is 2.97. The molecule has 0 N–H and O–H groups in total. The Bertz CT molecular complexity index is 474. The monoisotopic (exact) mass is 424 g/mol. The minimum Gasteiger partial charge on any atom is -0.295 e. The van der Waals surface area contributed by atoms with Crippen molar-refractivity contribution < 1.29 is 4.79 Å². The SMILES string of the molecule is CC1(CCl)C2(C)C(=O)C(Cl)(Cl)C1(Cl)C(Cl)(Cl)C2(Cl)Cl. The number of fused-ring (bicyclic) bond motifs is 2. The van der Waals surface area contributed by atoms with E-state index in [0.29, 0.717) is 0 Å². The summed E-state index contributed by atoms with van der Waals surface area (Å²) in [6.45, 7) is 3.08. The van der Waals surface area contributed by atoms with Crippen molar-refractivity contribution in [2.75, 3.05) is 5.88 Å². The Morgan fingerprint density at radius 1 is 0.895 bits per heavy atom. The molecule has 110 valence electrons. The van der Waals surface area contributed by atoms with Crippen molar-refractivity contribution in [2.24, 2.45) is 10.8 Å². The standard InChI is InChI=1S/C10H8Cl8O/c1-5(3-11)6(2)4(19)7(12,13)8(5,14)10(17,18)9(6,15)16/h3H2,1-2H3. The summed E-state index contributed by atoms with van der Waals surface area (Å²) in [6.07, 6.45) is 0. The van der Waals surface area contributed by atoms with E-state index in [1.54, 1.807) is 6.92 Å². The molecule has 3 unspecified atom stereocenters. The van der Waals surface area contributed by atoms with E-state index in [9.17, 15) is 4.79 Å². The second-order valence-corrected chi connectivity index (χ2v) is 10.1. The normalized spacial score (nSPS) is 49.7. The molecule has 3 atom stereocenters. The third-order valence-electron chi connectivity index (χ3n) is 4.76. The van der Waals surface area contributed by atoms with E-state index in [0.717, 1.165) is 0 Å². The van der Waals surface area contributed by atoms with Gasteiger partial charge < -0.3 is 0 Å². The molecule has 0 aromatic heterocycles. The minimum absolute atomic E-state index is 0.0949. The van der Waals surface area contributed by atoms with Gasteiger partial charge in [0.05, 0.1) is 5.41 Å². The second-order valence-electron chi connectivity index (χ2n) is 5.30. The van der Waals surface area contributed by atoms with Gasteiger partial charge in [-0.05, 0) is 6.92 Å². The first kappa shape index (κ1) is 17.3. The van der Waals surface area contributed by atoms with E-state index in [2.05, 4.69) is 0 Å². The Balaban J connectivity index is 2.96. The highest BCUT2D eigenvalue weighted by Crippen LogP contribution is 2.85. The molecule has 19 heavy (non-hydrogen) atoms. The molecular formula is C10H8Cl8O. The summed E-state index contributed by atoms with van der Waals surface area (Å²) in [7, 11) is 0. The van der Waals surface area contributed by atoms with Crippen LogP contribution in [-0.2, 0) is 4.79 Å². The van der Waals surface area contributed by atoms with Crippen LogP contribution in [0.4, 0.5) is 0 Å². The highest BCUT2D eigenvalue weighted by molar-refractivity contribution is 6.75. The largest absolute Gasteiger partial charge is 0.295 e. The number of rotatable bonds is 1. The minimum atomic E-state index is -2.05. The number of Topliss-reactive ketones (excluding diaryl/α,β-unsaturated/α-hetero) is 1. The van der Waals surface area contributed by atoms with Gasteiger partial charge in [-0.2, -0.15) is 0 Å². The van der Waals surface area contributed by atoms with Crippen molar-refractivity contribution in [3.8, 4) is 0 Å². The van der Waals surface area contributed by atoms with Crippen LogP contribution in [0.3, 0.4) is 0 Å². The first-order valence-corrected chi connectivity index (χ1v) is 8.33. The Morgan fingerprint density at radius 2 is 1.32 bits per heavy atom. The van der Waals surface area contributed by atoms with Crippen LogP contribution in [0.25, 0.3) is 0 Å². The molecule has 0 heterocycles. The topological polar surface area (TPSA) is 17.1 Å². The van der Waals surface area contributed by atoms with Gasteiger partial charge in [0.1, 0.15) is 4.87 Å². The number of carbonyl (C=O) groups excluding carboxylic acids is 1.